The minimum absolute atomic E-state index is 0.0721. The lowest BCUT2D eigenvalue weighted by molar-refractivity contribution is -0.116. The Balaban J connectivity index is 1.69. The third-order valence-corrected chi connectivity index (χ3v) is 3.59. The molecule has 0 bridgehead atoms. The largest absolute Gasteiger partial charge is 0.399 e. The van der Waals surface area contributed by atoms with Gasteiger partial charge < -0.3 is 16.0 Å². The van der Waals surface area contributed by atoms with Gasteiger partial charge in [0.15, 0.2) is 0 Å². The average molecular weight is 275 g/mol. The number of nitrogens with two attached hydrogens (primary N) is 1. The van der Waals surface area contributed by atoms with E-state index in [9.17, 15) is 4.79 Å². The first-order chi connectivity index (χ1) is 9.69. The van der Waals surface area contributed by atoms with E-state index < -0.39 is 0 Å². The Morgan fingerprint density at radius 2 is 2.20 bits per heavy atom. The number of rotatable bonds is 8. The topological polar surface area (TPSA) is 58.4 Å². The van der Waals surface area contributed by atoms with Crippen LogP contribution in [-0.2, 0) is 4.79 Å². The summed E-state index contributed by atoms with van der Waals surface area (Å²) in [6.45, 7) is 4.40. The Kier molecular flexibility index (Phi) is 5.41. The molecule has 3 N–H and O–H groups in total. The monoisotopic (exact) mass is 275 g/mol. The van der Waals surface area contributed by atoms with Crippen molar-refractivity contribution in [3.05, 3.63) is 24.3 Å². The van der Waals surface area contributed by atoms with Crippen molar-refractivity contribution >= 4 is 17.3 Å². The molecule has 0 radical (unpaired) electrons. The molecule has 0 atom stereocenters. The molecule has 1 aliphatic carbocycles. The lowest BCUT2D eigenvalue weighted by Crippen LogP contribution is -2.28. The van der Waals surface area contributed by atoms with E-state index >= 15 is 0 Å². The molecule has 0 heterocycles. The minimum atomic E-state index is 0.0721. The molecule has 4 heteroatoms. The van der Waals surface area contributed by atoms with E-state index in [-0.39, 0.29) is 5.91 Å². The van der Waals surface area contributed by atoms with Crippen LogP contribution in [0.15, 0.2) is 24.3 Å². The van der Waals surface area contributed by atoms with Crippen LogP contribution in [0.2, 0.25) is 0 Å². The zero-order valence-electron chi connectivity index (χ0n) is 12.3. The summed E-state index contributed by atoms with van der Waals surface area (Å²) >= 11 is 0. The van der Waals surface area contributed by atoms with E-state index in [0.29, 0.717) is 12.1 Å². The van der Waals surface area contributed by atoms with Gasteiger partial charge in [-0.3, -0.25) is 4.79 Å². The third-order valence-electron chi connectivity index (χ3n) is 3.59. The normalized spacial score (nSPS) is 14.5. The molecule has 0 aliphatic heterocycles. The molecule has 1 amide bonds. The SMILES string of the molecule is CCCN(CCCC(=O)Nc1cccc(N)c1)C1CC1. The summed E-state index contributed by atoms with van der Waals surface area (Å²) < 4.78 is 0. The van der Waals surface area contributed by atoms with Crippen molar-refractivity contribution in [2.45, 2.75) is 45.1 Å². The number of hydrogen-bond donors (Lipinski definition) is 2. The van der Waals surface area contributed by atoms with Crippen LogP contribution >= 0.6 is 0 Å². The molecule has 110 valence electrons. The van der Waals surface area contributed by atoms with Crippen LogP contribution in [0.3, 0.4) is 0 Å². The van der Waals surface area contributed by atoms with E-state index in [4.69, 9.17) is 5.73 Å². The Hall–Kier alpha value is -1.55. The summed E-state index contributed by atoms with van der Waals surface area (Å²) in [7, 11) is 0. The fraction of sp³-hybridized carbons (Fsp3) is 0.562. The molecule has 1 aliphatic rings. The highest BCUT2D eigenvalue weighted by Crippen LogP contribution is 2.27. The summed E-state index contributed by atoms with van der Waals surface area (Å²) in [6, 6.07) is 8.09. The van der Waals surface area contributed by atoms with Crippen molar-refractivity contribution < 1.29 is 4.79 Å². The van der Waals surface area contributed by atoms with Gasteiger partial charge in [0.05, 0.1) is 0 Å². The maximum absolute atomic E-state index is 11.9. The van der Waals surface area contributed by atoms with Gasteiger partial charge in [0.2, 0.25) is 5.91 Å². The van der Waals surface area contributed by atoms with Crippen LogP contribution in [0.25, 0.3) is 0 Å². The van der Waals surface area contributed by atoms with Crippen LogP contribution in [0.4, 0.5) is 11.4 Å². The first-order valence-electron chi connectivity index (χ1n) is 7.58. The number of amides is 1. The van der Waals surface area contributed by atoms with Gasteiger partial charge in [-0.2, -0.15) is 0 Å². The zero-order valence-corrected chi connectivity index (χ0v) is 12.3. The minimum Gasteiger partial charge on any atom is -0.399 e. The zero-order chi connectivity index (χ0) is 14.4. The number of carbonyl (C=O) groups excluding carboxylic acids is 1. The van der Waals surface area contributed by atoms with Crippen LogP contribution in [-0.4, -0.2) is 29.9 Å². The van der Waals surface area contributed by atoms with Crippen LogP contribution in [0.1, 0.15) is 39.0 Å². The third kappa shape index (κ3) is 4.85. The fourth-order valence-electron chi connectivity index (χ4n) is 2.49. The van der Waals surface area contributed by atoms with Crippen molar-refractivity contribution in [1.82, 2.24) is 4.90 Å². The second-order valence-corrected chi connectivity index (χ2v) is 5.54. The molecule has 4 nitrogen and oxygen atoms in total. The van der Waals surface area contributed by atoms with Gasteiger partial charge >= 0.3 is 0 Å². The molecule has 1 saturated carbocycles. The van der Waals surface area contributed by atoms with Gasteiger partial charge in [-0.15, -0.1) is 0 Å². The highest BCUT2D eigenvalue weighted by atomic mass is 16.1. The van der Waals surface area contributed by atoms with Crippen molar-refractivity contribution in [3.8, 4) is 0 Å². The van der Waals surface area contributed by atoms with Gasteiger partial charge in [-0.05, 0) is 57.0 Å². The Morgan fingerprint density at radius 3 is 2.85 bits per heavy atom. The Bertz CT molecular complexity index is 443. The second-order valence-electron chi connectivity index (χ2n) is 5.54. The van der Waals surface area contributed by atoms with E-state index in [1.54, 1.807) is 6.07 Å². The smallest absolute Gasteiger partial charge is 0.224 e. The van der Waals surface area contributed by atoms with E-state index in [1.165, 1.54) is 19.3 Å². The standard InChI is InChI=1S/C16H25N3O/c1-2-10-19(15-8-9-15)11-4-7-16(20)18-14-6-3-5-13(17)12-14/h3,5-6,12,15H,2,4,7-11,17H2,1H3,(H,18,20). The highest BCUT2D eigenvalue weighted by Gasteiger charge is 2.27. The molecule has 0 aromatic heterocycles. The van der Waals surface area contributed by atoms with E-state index in [0.717, 1.165) is 31.2 Å². The predicted molar refractivity (Wildman–Crippen MR) is 83.6 cm³/mol. The Morgan fingerprint density at radius 1 is 1.40 bits per heavy atom. The molecular weight excluding hydrogens is 250 g/mol. The lowest BCUT2D eigenvalue weighted by Gasteiger charge is -2.20. The maximum atomic E-state index is 11.9. The number of hydrogen-bond acceptors (Lipinski definition) is 3. The molecule has 1 aromatic carbocycles. The molecule has 1 fully saturated rings. The second kappa shape index (κ2) is 7.29. The first kappa shape index (κ1) is 14.9. The van der Waals surface area contributed by atoms with Crippen molar-refractivity contribution in [1.29, 1.82) is 0 Å². The van der Waals surface area contributed by atoms with E-state index in [1.807, 2.05) is 18.2 Å². The van der Waals surface area contributed by atoms with Crippen molar-refractivity contribution in [3.63, 3.8) is 0 Å². The number of carbonyl (C=O) groups is 1. The van der Waals surface area contributed by atoms with Gasteiger partial charge in [0.25, 0.3) is 0 Å². The maximum Gasteiger partial charge on any atom is 0.224 e. The fourth-order valence-corrected chi connectivity index (χ4v) is 2.49. The molecule has 0 unspecified atom stereocenters. The summed E-state index contributed by atoms with van der Waals surface area (Å²) in [5.74, 6) is 0.0721. The lowest BCUT2D eigenvalue weighted by atomic mass is 10.2. The molecule has 20 heavy (non-hydrogen) atoms. The molecule has 0 saturated heterocycles. The van der Waals surface area contributed by atoms with Crippen LogP contribution < -0.4 is 11.1 Å². The van der Waals surface area contributed by atoms with E-state index in [2.05, 4.69) is 17.1 Å². The van der Waals surface area contributed by atoms with Crippen molar-refractivity contribution in [2.75, 3.05) is 24.1 Å². The summed E-state index contributed by atoms with van der Waals surface area (Å²) in [6.07, 6.45) is 5.34. The number of anilines is 2. The highest BCUT2D eigenvalue weighted by molar-refractivity contribution is 5.91. The molecule has 2 rings (SSSR count). The predicted octanol–water partition coefficient (Wildman–Crippen LogP) is 2.86. The summed E-state index contributed by atoms with van der Waals surface area (Å²) in [5, 5.41) is 2.90. The number of nitrogens with zero attached hydrogens (tertiary/aromatic N) is 1. The van der Waals surface area contributed by atoms with Crippen LogP contribution in [0, 0.1) is 0 Å². The van der Waals surface area contributed by atoms with Gasteiger partial charge in [-0.1, -0.05) is 13.0 Å². The van der Waals surface area contributed by atoms with Gasteiger partial charge in [0.1, 0.15) is 0 Å². The number of nitrogens with one attached hydrogen (secondary N) is 1. The molecule has 0 spiro atoms. The Labute approximate surface area is 121 Å². The molecular formula is C16H25N3O. The van der Waals surface area contributed by atoms with Crippen molar-refractivity contribution in [2.24, 2.45) is 0 Å². The summed E-state index contributed by atoms with van der Waals surface area (Å²) in [4.78, 5) is 14.4. The summed E-state index contributed by atoms with van der Waals surface area (Å²) in [5.41, 5.74) is 7.14. The average Bonchev–Trinajstić information content (AvgIpc) is 3.22. The number of nitrogen functional groups attached to an aromatic ring is 1. The first-order valence-corrected chi connectivity index (χ1v) is 7.58. The molecule has 1 aromatic rings. The quantitative estimate of drug-likeness (QED) is 0.717. The van der Waals surface area contributed by atoms with Gasteiger partial charge in [-0.25, -0.2) is 0 Å². The van der Waals surface area contributed by atoms with Crippen LogP contribution in [0.5, 0.6) is 0 Å². The van der Waals surface area contributed by atoms with Gasteiger partial charge in [0, 0.05) is 23.8 Å². The number of benzene rings is 1.